The summed E-state index contributed by atoms with van der Waals surface area (Å²) in [5.41, 5.74) is 2.87. The number of para-hydroxylation sites is 2. The van der Waals surface area contributed by atoms with Crippen LogP contribution in [-0.2, 0) is 20.7 Å². The minimum absolute atomic E-state index is 0.107. The van der Waals surface area contributed by atoms with E-state index in [0.717, 1.165) is 47.2 Å². The number of nitrogens with zero attached hydrogens (tertiary/aromatic N) is 3. The van der Waals surface area contributed by atoms with Crippen LogP contribution in [0.4, 0.5) is 0 Å². The molecule has 2 aromatic carbocycles. The molecule has 1 aromatic heterocycles. The topological polar surface area (TPSA) is 81.2 Å². The van der Waals surface area contributed by atoms with Gasteiger partial charge < -0.3 is 24.0 Å². The van der Waals surface area contributed by atoms with Gasteiger partial charge in [0.1, 0.15) is 18.1 Å². The highest BCUT2D eigenvalue weighted by molar-refractivity contribution is 5.89. The maximum Gasteiger partial charge on any atom is 0.260 e. The number of rotatable bonds is 3. The smallest absolute Gasteiger partial charge is 0.260 e. The van der Waals surface area contributed by atoms with Gasteiger partial charge in [0, 0.05) is 30.7 Å². The van der Waals surface area contributed by atoms with E-state index in [4.69, 9.17) is 14.2 Å². The molecule has 8 nitrogen and oxygen atoms in total. The number of likely N-dealkylation sites (N-methyl/N-ethyl adjacent to an activating group) is 1. The first-order valence-electron chi connectivity index (χ1n) is 13.7. The molecular formula is C31H37N3O5. The summed E-state index contributed by atoms with van der Waals surface area (Å²) in [6.07, 6.45) is 3.12. The number of fused-ring (bicyclic) bond motifs is 2. The fourth-order valence-electron chi connectivity index (χ4n) is 5.54. The van der Waals surface area contributed by atoms with Gasteiger partial charge in [-0.1, -0.05) is 30.3 Å². The van der Waals surface area contributed by atoms with Gasteiger partial charge in [-0.05, 0) is 62.8 Å². The number of hydrogen-bond acceptors (Lipinski definition) is 6. The lowest BCUT2D eigenvalue weighted by molar-refractivity contribution is -0.176. The lowest BCUT2D eigenvalue weighted by Crippen LogP contribution is -2.61. The van der Waals surface area contributed by atoms with Crippen LogP contribution in [0.25, 0.3) is 10.9 Å². The second-order valence-corrected chi connectivity index (χ2v) is 10.6. The predicted octanol–water partition coefficient (Wildman–Crippen LogP) is 4.09. The molecule has 2 aliphatic heterocycles. The van der Waals surface area contributed by atoms with Crippen LogP contribution in [0.15, 0.2) is 48.5 Å². The molecule has 39 heavy (non-hydrogen) atoms. The number of aryl methyl sites for hydroxylation is 3. The Bertz CT molecular complexity index is 1360. The molecular weight excluding hydrogens is 494 g/mol. The van der Waals surface area contributed by atoms with Gasteiger partial charge in [-0.25, -0.2) is 0 Å². The third kappa shape index (κ3) is 5.86. The van der Waals surface area contributed by atoms with E-state index < -0.39 is 5.60 Å². The quantitative estimate of drug-likeness (QED) is 0.507. The zero-order chi connectivity index (χ0) is 27.4. The Morgan fingerprint density at radius 1 is 1.08 bits per heavy atom. The van der Waals surface area contributed by atoms with Gasteiger partial charge in [0.25, 0.3) is 11.8 Å². The molecule has 0 saturated carbocycles. The molecule has 1 spiro atoms. The molecule has 0 N–H and O–H groups in total. The van der Waals surface area contributed by atoms with E-state index >= 15 is 0 Å². The van der Waals surface area contributed by atoms with E-state index in [0.29, 0.717) is 38.5 Å². The molecule has 1 unspecified atom stereocenters. The van der Waals surface area contributed by atoms with Crippen LogP contribution in [0.3, 0.4) is 0 Å². The van der Waals surface area contributed by atoms with E-state index in [9.17, 15) is 9.59 Å². The molecule has 2 aliphatic rings. The van der Waals surface area contributed by atoms with Crippen molar-refractivity contribution < 1.29 is 23.8 Å². The highest BCUT2D eigenvalue weighted by Gasteiger charge is 2.46. The lowest BCUT2D eigenvalue weighted by atomic mass is 9.91. The summed E-state index contributed by atoms with van der Waals surface area (Å²) >= 11 is 0. The zero-order valence-electron chi connectivity index (χ0n) is 23.1. The van der Waals surface area contributed by atoms with Crippen molar-refractivity contribution in [3.05, 3.63) is 65.4 Å². The number of hydrogen-bond donors (Lipinski definition) is 0. The molecule has 1 atom stereocenters. The van der Waals surface area contributed by atoms with Crippen LogP contribution >= 0.6 is 0 Å². The molecule has 1 saturated heterocycles. The number of amides is 2. The van der Waals surface area contributed by atoms with Crippen molar-refractivity contribution in [3.63, 3.8) is 0 Å². The maximum atomic E-state index is 13.7. The molecule has 206 valence electrons. The van der Waals surface area contributed by atoms with Crippen LogP contribution in [0.1, 0.15) is 36.1 Å². The van der Waals surface area contributed by atoms with Crippen LogP contribution in [-0.4, -0.2) is 78.7 Å². The normalized spacial score (nSPS) is 20.6. The minimum Gasteiger partial charge on any atom is -0.491 e. The summed E-state index contributed by atoms with van der Waals surface area (Å²) in [6, 6.07) is 15.9. The first kappa shape index (κ1) is 26.9. The summed E-state index contributed by atoms with van der Waals surface area (Å²) in [7, 11) is 1.78. The maximum absolute atomic E-state index is 13.7. The third-order valence-electron chi connectivity index (χ3n) is 7.69. The number of morpholine rings is 1. The standard InChI is InChI=1S/C31H37N3O5/c1-22-9-8-12-25-27(19-23(2)32-29(22)25)38-20-28(35)34-16-18-39-31(21-34)14-7-6-11-24-10-4-5-13-26(24)37-17-15-33(3)30(31)36/h4-5,8-10,12-13,19H,6-7,11,14-18,20-21H2,1-3H3. The van der Waals surface area contributed by atoms with Crippen molar-refractivity contribution in [1.82, 2.24) is 14.8 Å². The van der Waals surface area contributed by atoms with Crippen LogP contribution in [0.5, 0.6) is 11.5 Å². The number of benzene rings is 2. The van der Waals surface area contributed by atoms with Gasteiger partial charge in [-0.15, -0.1) is 0 Å². The fraction of sp³-hybridized carbons (Fsp3) is 0.452. The van der Waals surface area contributed by atoms with Gasteiger partial charge in [-0.2, -0.15) is 0 Å². The Labute approximate surface area is 229 Å². The summed E-state index contributed by atoms with van der Waals surface area (Å²) in [6.45, 7) is 5.59. The van der Waals surface area contributed by atoms with E-state index in [1.54, 1.807) is 16.8 Å². The van der Waals surface area contributed by atoms with Gasteiger partial charge in [-0.3, -0.25) is 14.6 Å². The third-order valence-corrected chi connectivity index (χ3v) is 7.69. The molecule has 3 aromatic rings. The number of ether oxygens (including phenoxy) is 3. The molecule has 3 heterocycles. The Kier molecular flexibility index (Phi) is 8.02. The number of aromatic nitrogens is 1. The van der Waals surface area contributed by atoms with E-state index in [1.807, 2.05) is 56.3 Å². The SMILES string of the molecule is Cc1cc(OCC(=O)N2CCOC3(CCCCc4ccccc4OCCN(C)C3=O)C2)c2cccc(C)c2n1. The average Bonchev–Trinajstić information content (AvgIpc) is 2.94. The molecule has 8 heteroatoms. The minimum atomic E-state index is -1.07. The Balaban J connectivity index is 1.30. The van der Waals surface area contributed by atoms with E-state index in [2.05, 4.69) is 11.1 Å². The van der Waals surface area contributed by atoms with Gasteiger partial charge in [0.2, 0.25) is 0 Å². The second-order valence-electron chi connectivity index (χ2n) is 10.6. The van der Waals surface area contributed by atoms with Crippen molar-refractivity contribution in [2.45, 2.75) is 45.1 Å². The first-order chi connectivity index (χ1) is 18.9. The van der Waals surface area contributed by atoms with Crippen molar-refractivity contribution >= 4 is 22.7 Å². The molecule has 0 aliphatic carbocycles. The van der Waals surface area contributed by atoms with E-state index in [1.165, 1.54) is 5.56 Å². The summed E-state index contributed by atoms with van der Waals surface area (Å²) in [5.74, 6) is 1.25. The molecule has 0 bridgehead atoms. The highest BCUT2D eigenvalue weighted by Crippen LogP contribution is 2.30. The highest BCUT2D eigenvalue weighted by atomic mass is 16.5. The van der Waals surface area contributed by atoms with Crippen molar-refractivity contribution in [2.75, 3.05) is 46.5 Å². The van der Waals surface area contributed by atoms with Crippen molar-refractivity contribution in [3.8, 4) is 11.5 Å². The summed E-state index contributed by atoms with van der Waals surface area (Å²) < 4.78 is 18.3. The zero-order valence-corrected chi connectivity index (χ0v) is 23.1. The number of carbonyl (C=O) groups is 2. The Hall–Kier alpha value is -3.65. The molecule has 0 radical (unpaired) electrons. The van der Waals surface area contributed by atoms with Crippen LogP contribution < -0.4 is 9.47 Å². The summed E-state index contributed by atoms with van der Waals surface area (Å²) in [4.78, 5) is 35.1. The fourth-order valence-corrected chi connectivity index (χ4v) is 5.54. The van der Waals surface area contributed by atoms with Gasteiger partial charge in [0.15, 0.2) is 12.2 Å². The lowest BCUT2D eigenvalue weighted by Gasteiger charge is -2.43. The van der Waals surface area contributed by atoms with Crippen molar-refractivity contribution in [2.24, 2.45) is 0 Å². The summed E-state index contributed by atoms with van der Waals surface area (Å²) in [5, 5.41) is 0.881. The monoisotopic (exact) mass is 531 g/mol. The predicted molar refractivity (Wildman–Crippen MR) is 149 cm³/mol. The first-order valence-corrected chi connectivity index (χ1v) is 13.7. The Morgan fingerprint density at radius 3 is 2.79 bits per heavy atom. The molecule has 5 rings (SSSR count). The number of pyridine rings is 1. The van der Waals surface area contributed by atoms with Crippen molar-refractivity contribution in [1.29, 1.82) is 0 Å². The average molecular weight is 532 g/mol. The van der Waals surface area contributed by atoms with E-state index in [-0.39, 0.29) is 25.0 Å². The van der Waals surface area contributed by atoms with Gasteiger partial charge in [0.05, 0.1) is 25.2 Å². The largest absolute Gasteiger partial charge is 0.491 e. The van der Waals surface area contributed by atoms with Crippen LogP contribution in [0, 0.1) is 13.8 Å². The van der Waals surface area contributed by atoms with Crippen LogP contribution in [0.2, 0.25) is 0 Å². The molecule has 1 fully saturated rings. The molecule has 2 amide bonds. The van der Waals surface area contributed by atoms with Gasteiger partial charge >= 0.3 is 0 Å². The number of carbonyl (C=O) groups excluding carboxylic acids is 2. The second kappa shape index (κ2) is 11.6. The Morgan fingerprint density at radius 2 is 1.92 bits per heavy atom.